The standard InChI is InChI=1S/C13H20N2O3/c1-11(2)18-9-4-3-8-14-12-6-5-7-13(10-12)15(16)17/h5-7,10-11,14H,3-4,8-9H2,1-2H3. The molecule has 0 aromatic heterocycles. The molecule has 100 valence electrons. The number of benzene rings is 1. The minimum atomic E-state index is -0.387. The maximum Gasteiger partial charge on any atom is 0.271 e. The van der Waals surface area contributed by atoms with Crippen molar-refractivity contribution in [1.82, 2.24) is 0 Å². The molecule has 0 heterocycles. The van der Waals surface area contributed by atoms with Gasteiger partial charge in [0.2, 0.25) is 0 Å². The number of unbranched alkanes of at least 4 members (excludes halogenated alkanes) is 1. The van der Waals surface area contributed by atoms with Gasteiger partial charge in [0.05, 0.1) is 11.0 Å². The zero-order valence-corrected chi connectivity index (χ0v) is 10.9. The van der Waals surface area contributed by atoms with E-state index < -0.39 is 0 Å². The van der Waals surface area contributed by atoms with Gasteiger partial charge >= 0.3 is 0 Å². The molecule has 1 N–H and O–H groups in total. The molecule has 0 fully saturated rings. The van der Waals surface area contributed by atoms with E-state index >= 15 is 0 Å². The van der Waals surface area contributed by atoms with E-state index in [9.17, 15) is 10.1 Å². The fourth-order valence-electron chi connectivity index (χ4n) is 1.51. The van der Waals surface area contributed by atoms with Crippen LogP contribution >= 0.6 is 0 Å². The van der Waals surface area contributed by atoms with Crippen molar-refractivity contribution in [2.24, 2.45) is 0 Å². The molecule has 0 bridgehead atoms. The number of ether oxygens (including phenoxy) is 1. The maximum atomic E-state index is 10.6. The number of non-ortho nitro benzene ring substituents is 1. The molecule has 0 aliphatic rings. The first-order valence-corrected chi connectivity index (χ1v) is 6.19. The number of nitro groups is 1. The summed E-state index contributed by atoms with van der Waals surface area (Å²) >= 11 is 0. The van der Waals surface area contributed by atoms with Crippen molar-refractivity contribution in [3.05, 3.63) is 34.4 Å². The molecule has 0 atom stereocenters. The second-order valence-electron chi connectivity index (χ2n) is 4.36. The van der Waals surface area contributed by atoms with Crippen LogP contribution in [0.4, 0.5) is 11.4 Å². The normalized spacial score (nSPS) is 10.6. The molecule has 0 amide bonds. The van der Waals surface area contributed by atoms with Gasteiger partial charge in [0.1, 0.15) is 0 Å². The number of nitro benzene ring substituents is 1. The SMILES string of the molecule is CC(C)OCCCCNc1cccc([N+](=O)[O-])c1. The van der Waals surface area contributed by atoms with Gasteiger partial charge in [-0.3, -0.25) is 10.1 Å². The predicted octanol–water partition coefficient (Wildman–Crippen LogP) is 3.21. The molecule has 0 unspecified atom stereocenters. The average molecular weight is 252 g/mol. The summed E-state index contributed by atoms with van der Waals surface area (Å²) in [5.74, 6) is 0. The van der Waals surface area contributed by atoms with Gasteiger partial charge in [0.15, 0.2) is 0 Å². The van der Waals surface area contributed by atoms with Gasteiger partial charge < -0.3 is 10.1 Å². The van der Waals surface area contributed by atoms with Gasteiger partial charge in [-0.2, -0.15) is 0 Å². The molecule has 1 aromatic rings. The third kappa shape index (κ3) is 5.63. The molecule has 0 saturated carbocycles. The molecule has 18 heavy (non-hydrogen) atoms. The van der Waals surface area contributed by atoms with Crippen molar-refractivity contribution in [2.45, 2.75) is 32.8 Å². The van der Waals surface area contributed by atoms with Crippen molar-refractivity contribution in [1.29, 1.82) is 0 Å². The molecule has 0 saturated heterocycles. The van der Waals surface area contributed by atoms with Crippen LogP contribution in [0.2, 0.25) is 0 Å². The van der Waals surface area contributed by atoms with E-state index in [0.717, 1.165) is 31.7 Å². The van der Waals surface area contributed by atoms with E-state index in [2.05, 4.69) is 5.32 Å². The van der Waals surface area contributed by atoms with Crippen molar-refractivity contribution in [2.75, 3.05) is 18.5 Å². The van der Waals surface area contributed by atoms with Crippen molar-refractivity contribution in [3.63, 3.8) is 0 Å². The largest absolute Gasteiger partial charge is 0.385 e. The second kappa shape index (κ2) is 7.66. The summed E-state index contributed by atoms with van der Waals surface area (Å²) in [5, 5.41) is 13.8. The highest BCUT2D eigenvalue weighted by atomic mass is 16.6. The number of nitrogens with zero attached hydrogens (tertiary/aromatic N) is 1. The first-order valence-electron chi connectivity index (χ1n) is 6.19. The lowest BCUT2D eigenvalue weighted by Gasteiger charge is -2.08. The smallest absolute Gasteiger partial charge is 0.271 e. The number of nitrogens with one attached hydrogen (secondary N) is 1. The molecular weight excluding hydrogens is 232 g/mol. The summed E-state index contributed by atoms with van der Waals surface area (Å²) in [7, 11) is 0. The van der Waals surface area contributed by atoms with Gasteiger partial charge in [-0.1, -0.05) is 6.07 Å². The Morgan fingerprint density at radius 1 is 1.39 bits per heavy atom. The third-order valence-electron chi connectivity index (χ3n) is 2.41. The topological polar surface area (TPSA) is 64.4 Å². The van der Waals surface area contributed by atoms with Crippen molar-refractivity contribution >= 4 is 11.4 Å². The van der Waals surface area contributed by atoms with E-state index in [0.29, 0.717) is 0 Å². The predicted molar refractivity (Wildman–Crippen MR) is 71.9 cm³/mol. The summed E-state index contributed by atoms with van der Waals surface area (Å²) < 4.78 is 5.43. The molecule has 0 aliphatic carbocycles. The molecule has 1 rings (SSSR count). The summed E-state index contributed by atoms with van der Waals surface area (Å²) in [6.45, 7) is 5.58. The van der Waals surface area contributed by atoms with Crippen LogP contribution in [0.25, 0.3) is 0 Å². The Morgan fingerprint density at radius 3 is 2.83 bits per heavy atom. The van der Waals surface area contributed by atoms with Crippen LogP contribution in [-0.2, 0) is 4.74 Å². The number of rotatable bonds is 8. The van der Waals surface area contributed by atoms with Crippen LogP contribution in [0, 0.1) is 10.1 Å². The van der Waals surface area contributed by atoms with E-state index in [1.54, 1.807) is 12.1 Å². The molecule has 5 nitrogen and oxygen atoms in total. The van der Waals surface area contributed by atoms with Crippen LogP contribution in [0.15, 0.2) is 24.3 Å². The van der Waals surface area contributed by atoms with Crippen molar-refractivity contribution in [3.8, 4) is 0 Å². The van der Waals surface area contributed by atoms with Crippen LogP contribution in [0.1, 0.15) is 26.7 Å². The molecule has 0 radical (unpaired) electrons. The minimum Gasteiger partial charge on any atom is -0.385 e. The Kier molecular flexibility index (Phi) is 6.14. The average Bonchev–Trinajstić information content (AvgIpc) is 2.33. The summed E-state index contributed by atoms with van der Waals surface area (Å²) in [6, 6.07) is 6.55. The highest BCUT2D eigenvalue weighted by Gasteiger charge is 2.04. The van der Waals surface area contributed by atoms with Gasteiger partial charge in [-0.25, -0.2) is 0 Å². The summed E-state index contributed by atoms with van der Waals surface area (Å²) in [5.41, 5.74) is 0.900. The Hall–Kier alpha value is -1.62. The van der Waals surface area contributed by atoms with Gasteiger partial charge in [0, 0.05) is 31.0 Å². The Balaban J connectivity index is 2.23. The van der Waals surface area contributed by atoms with Crippen LogP contribution in [-0.4, -0.2) is 24.2 Å². The van der Waals surface area contributed by atoms with E-state index in [1.165, 1.54) is 6.07 Å². The maximum absolute atomic E-state index is 10.6. The van der Waals surface area contributed by atoms with Crippen LogP contribution in [0.3, 0.4) is 0 Å². The molecule has 5 heteroatoms. The van der Waals surface area contributed by atoms with E-state index in [4.69, 9.17) is 4.74 Å². The zero-order valence-electron chi connectivity index (χ0n) is 10.9. The molecule has 0 aliphatic heterocycles. The quantitative estimate of drug-likeness (QED) is 0.438. The lowest BCUT2D eigenvalue weighted by atomic mass is 10.2. The lowest BCUT2D eigenvalue weighted by Crippen LogP contribution is -2.07. The highest BCUT2D eigenvalue weighted by molar-refractivity contribution is 5.50. The van der Waals surface area contributed by atoms with Gasteiger partial charge in [-0.05, 0) is 32.8 Å². The molecule has 1 aromatic carbocycles. The fraction of sp³-hybridized carbons (Fsp3) is 0.538. The first-order chi connectivity index (χ1) is 8.59. The zero-order chi connectivity index (χ0) is 13.4. The van der Waals surface area contributed by atoms with Crippen LogP contribution in [0.5, 0.6) is 0 Å². The monoisotopic (exact) mass is 252 g/mol. The highest BCUT2D eigenvalue weighted by Crippen LogP contribution is 2.16. The minimum absolute atomic E-state index is 0.114. The summed E-state index contributed by atoms with van der Waals surface area (Å²) in [6.07, 6.45) is 2.24. The third-order valence-corrected chi connectivity index (χ3v) is 2.41. The van der Waals surface area contributed by atoms with Crippen molar-refractivity contribution < 1.29 is 9.66 Å². The Bertz CT molecular complexity index is 380. The van der Waals surface area contributed by atoms with E-state index in [1.807, 2.05) is 19.9 Å². The molecular formula is C13H20N2O3. The summed E-state index contributed by atoms with van der Waals surface area (Å²) in [4.78, 5) is 10.2. The Labute approximate surface area is 107 Å². The fourth-order valence-corrected chi connectivity index (χ4v) is 1.51. The first kappa shape index (κ1) is 14.4. The van der Waals surface area contributed by atoms with Gasteiger partial charge in [-0.15, -0.1) is 0 Å². The number of hydrogen-bond acceptors (Lipinski definition) is 4. The lowest BCUT2D eigenvalue weighted by molar-refractivity contribution is -0.384. The number of anilines is 1. The number of hydrogen-bond donors (Lipinski definition) is 1. The Morgan fingerprint density at radius 2 is 2.17 bits per heavy atom. The van der Waals surface area contributed by atoms with E-state index in [-0.39, 0.29) is 16.7 Å². The van der Waals surface area contributed by atoms with Gasteiger partial charge in [0.25, 0.3) is 5.69 Å². The van der Waals surface area contributed by atoms with Crippen LogP contribution < -0.4 is 5.32 Å². The molecule has 0 spiro atoms. The second-order valence-corrected chi connectivity index (χ2v) is 4.36.